The normalized spacial score (nSPS) is 11.1. The molecule has 148 valence electrons. The van der Waals surface area contributed by atoms with Crippen LogP contribution in [0.15, 0.2) is 59.1 Å². The number of alkyl halides is 3. The number of amides is 1. The Bertz CT molecular complexity index is 1010. The molecule has 0 unspecified atom stereocenters. The first-order chi connectivity index (χ1) is 13.9. The largest absolute Gasteiger partial charge is 0.471 e. The number of aromatic nitrogens is 2. The van der Waals surface area contributed by atoms with E-state index in [4.69, 9.17) is 6.42 Å². The summed E-state index contributed by atoms with van der Waals surface area (Å²) in [6.07, 6.45) is 0.921. The molecule has 1 aromatic heterocycles. The van der Waals surface area contributed by atoms with Crippen LogP contribution in [-0.4, -0.2) is 27.5 Å². The molecule has 0 atom stereocenters. The Hall–Kier alpha value is -3.60. The van der Waals surface area contributed by atoms with Gasteiger partial charge in [-0.25, -0.2) is 0 Å². The van der Waals surface area contributed by atoms with Crippen LogP contribution in [-0.2, 0) is 23.9 Å². The zero-order valence-electron chi connectivity index (χ0n) is 15.2. The third-order valence-corrected chi connectivity index (χ3v) is 4.09. The summed E-state index contributed by atoms with van der Waals surface area (Å²) in [5, 5.41) is 3.35. The van der Waals surface area contributed by atoms with E-state index < -0.39 is 12.1 Å². The van der Waals surface area contributed by atoms with Crippen LogP contribution in [0.5, 0.6) is 0 Å². The number of terminal acetylenes is 1. The topological polar surface area (TPSA) is 59.2 Å². The first-order valence-corrected chi connectivity index (χ1v) is 8.62. The van der Waals surface area contributed by atoms with E-state index in [1.54, 1.807) is 24.3 Å². The predicted octanol–water partition coefficient (Wildman–Crippen LogP) is 3.96. The lowest BCUT2D eigenvalue weighted by molar-refractivity contribution is -0.159. The monoisotopic (exact) mass is 399 g/mol. The van der Waals surface area contributed by atoms with Crippen molar-refractivity contribution in [3.63, 3.8) is 0 Å². The van der Waals surface area contributed by atoms with Crippen LogP contribution in [0.4, 0.5) is 13.2 Å². The molecule has 0 aliphatic heterocycles. The molecule has 1 heterocycles. The molecule has 29 heavy (non-hydrogen) atoms. The molecule has 8 heteroatoms. The van der Waals surface area contributed by atoms with Crippen LogP contribution in [0.2, 0.25) is 0 Å². The van der Waals surface area contributed by atoms with Crippen LogP contribution in [0.1, 0.15) is 17.0 Å². The average molecular weight is 399 g/mol. The number of carbonyl (C=O) groups is 1. The standard InChI is InChI=1S/C21H16F3N3O2/c1-2-12-27(18(28)13-15-6-4-3-5-7-15)14-16-8-10-17(11-9-16)19-25-20(29-26-19)21(22,23)24/h1,3-11H,12-14H2. The number of benzene rings is 2. The maximum absolute atomic E-state index is 12.6. The Balaban J connectivity index is 1.70. The van der Waals surface area contributed by atoms with Gasteiger partial charge in [0.15, 0.2) is 0 Å². The fourth-order valence-electron chi connectivity index (χ4n) is 2.66. The molecule has 3 aromatic rings. The van der Waals surface area contributed by atoms with Crippen LogP contribution in [0, 0.1) is 12.3 Å². The van der Waals surface area contributed by atoms with Gasteiger partial charge in [-0.3, -0.25) is 4.79 Å². The van der Waals surface area contributed by atoms with E-state index in [0.29, 0.717) is 5.56 Å². The van der Waals surface area contributed by atoms with Gasteiger partial charge in [0, 0.05) is 12.1 Å². The second-order valence-electron chi connectivity index (χ2n) is 6.23. The van der Waals surface area contributed by atoms with Gasteiger partial charge in [0.1, 0.15) is 0 Å². The molecule has 2 aromatic carbocycles. The van der Waals surface area contributed by atoms with Crippen LogP contribution in [0.3, 0.4) is 0 Å². The highest BCUT2D eigenvalue weighted by Crippen LogP contribution is 2.29. The van der Waals surface area contributed by atoms with Crippen molar-refractivity contribution in [2.24, 2.45) is 0 Å². The van der Waals surface area contributed by atoms with E-state index in [9.17, 15) is 18.0 Å². The van der Waals surface area contributed by atoms with Gasteiger partial charge in [0.2, 0.25) is 11.7 Å². The predicted molar refractivity (Wildman–Crippen MR) is 99.1 cm³/mol. The van der Waals surface area contributed by atoms with E-state index in [1.165, 1.54) is 4.90 Å². The SMILES string of the molecule is C#CCN(Cc1ccc(-c2noc(C(F)(F)F)n2)cc1)C(=O)Cc1ccccc1. The van der Waals surface area contributed by atoms with Crippen molar-refractivity contribution in [2.75, 3.05) is 6.54 Å². The summed E-state index contributed by atoms with van der Waals surface area (Å²) in [4.78, 5) is 17.5. The first-order valence-electron chi connectivity index (χ1n) is 8.62. The second-order valence-corrected chi connectivity index (χ2v) is 6.23. The zero-order chi connectivity index (χ0) is 20.9. The van der Waals surface area contributed by atoms with Gasteiger partial charge in [-0.2, -0.15) is 18.2 Å². The average Bonchev–Trinajstić information content (AvgIpc) is 3.20. The van der Waals surface area contributed by atoms with Gasteiger partial charge in [-0.05, 0) is 11.1 Å². The Morgan fingerprint density at radius 3 is 2.34 bits per heavy atom. The third-order valence-electron chi connectivity index (χ3n) is 4.09. The van der Waals surface area contributed by atoms with Gasteiger partial charge in [-0.1, -0.05) is 65.7 Å². The molecular formula is C21H16F3N3O2. The maximum atomic E-state index is 12.6. The summed E-state index contributed by atoms with van der Waals surface area (Å²) >= 11 is 0. The maximum Gasteiger partial charge on any atom is 0.471 e. The van der Waals surface area contributed by atoms with Gasteiger partial charge in [-0.15, -0.1) is 6.42 Å². The lowest BCUT2D eigenvalue weighted by atomic mass is 10.1. The van der Waals surface area contributed by atoms with Crippen molar-refractivity contribution in [3.05, 3.63) is 71.6 Å². The summed E-state index contributed by atoms with van der Waals surface area (Å²) in [5.41, 5.74) is 2.02. The number of halogens is 3. The van der Waals surface area contributed by atoms with Crippen LogP contribution >= 0.6 is 0 Å². The van der Waals surface area contributed by atoms with Crippen molar-refractivity contribution in [1.82, 2.24) is 15.0 Å². The summed E-state index contributed by atoms with van der Waals surface area (Å²) in [7, 11) is 0. The van der Waals surface area contributed by atoms with Gasteiger partial charge < -0.3 is 9.42 Å². The lowest BCUT2D eigenvalue weighted by Crippen LogP contribution is -2.32. The van der Waals surface area contributed by atoms with Crippen molar-refractivity contribution >= 4 is 5.91 Å². The molecule has 0 saturated carbocycles. The Kier molecular flexibility index (Phi) is 5.98. The van der Waals surface area contributed by atoms with Crippen molar-refractivity contribution in [1.29, 1.82) is 0 Å². The smallest absolute Gasteiger partial charge is 0.329 e. The summed E-state index contributed by atoms with van der Waals surface area (Å²) < 4.78 is 42.0. The molecule has 0 radical (unpaired) electrons. The number of hydrogen-bond acceptors (Lipinski definition) is 4. The first kappa shape index (κ1) is 20.1. The molecule has 0 spiro atoms. The van der Waals surface area contributed by atoms with Crippen molar-refractivity contribution in [2.45, 2.75) is 19.1 Å². The molecule has 0 saturated heterocycles. The Morgan fingerprint density at radius 1 is 1.07 bits per heavy atom. The van der Waals surface area contributed by atoms with E-state index in [1.807, 2.05) is 30.3 Å². The van der Waals surface area contributed by atoms with Crippen LogP contribution in [0.25, 0.3) is 11.4 Å². The number of carbonyl (C=O) groups excluding carboxylic acids is 1. The van der Waals surface area contributed by atoms with Gasteiger partial charge in [0.05, 0.1) is 13.0 Å². The molecule has 0 fully saturated rings. The highest BCUT2D eigenvalue weighted by molar-refractivity contribution is 5.79. The fraction of sp³-hybridized carbons (Fsp3) is 0.190. The minimum Gasteiger partial charge on any atom is -0.329 e. The lowest BCUT2D eigenvalue weighted by Gasteiger charge is -2.20. The number of hydrogen-bond donors (Lipinski definition) is 0. The third kappa shape index (κ3) is 5.23. The van der Waals surface area contributed by atoms with Crippen LogP contribution < -0.4 is 0 Å². The molecule has 3 rings (SSSR count). The minimum atomic E-state index is -4.69. The number of nitrogens with zero attached hydrogens (tertiary/aromatic N) is 3. The second kappa shape index (κ2) is 8.61. The van der Waals surface area contributed by atoms with Gasteiger partial charge >= 0.3 is 12.1 Å². The number of rotatable bonds is 6. The molecule has 0 aliphatic carbocycles. The van der Waals surface area contributed by atoms with E-state index >= 15 is 0 Å². The summed E-state index contributed by atoms with van der Waals surface area (Å²) in [5.74, 6) is 0.794. The molecule has 0 N–H and O–H groups in total. The van der Waals surface area contributed by atoms with Crippen molar-refractivity contribution in [3.8, 4) is 23.7 Å². The zero-order valence-corrected chi connectivity index (χ0v) is 15.2. The molecular weight excluding hydrogens is 383 g/mol. The van der Waals surface area contributed by atoms with Gasteiger partial charge in [0.25, 0.3) is 0 Å². The quantitative estimate of drug-likeness (QED) is 0.589. The highest BCUT2D eigenvalue weighted by Gasteiger charge is 2.38. The minimum absolute atomic E-state index is 0.119. The summed E-state index contributed by atoms with van der Waals surface area (Å²) in [6, 6.07) is 15.8. The Morgan fingerprint density at radius 2 is 1.76 bits per heavy atom. The van der Waals surface area contributed by atoms with E-state index in [2.05, 4.69) is 20.6 Å². The molecule has 1 amide bonds. The molecule has 0 bridgehead atoms. The fourth-order valence-corrected chi connectivity index (χ4v) is 2.66. The van der Waals surface area contributed by atoms with E-state index in [0.717, 1.165) is 11.1 Å². The van der Waals surface area contributed by atoms with Crippen molar-refractivity contribution < 1.29 is 22.5 Å². The molecule has 0 aliphatic rings. The Labute approximate surface area is 165 Å². The highest BCUT2D eigenvalue weighted by atomic mass is 19.4. The molecule has 5 nitrogen and oxygen atoms in total. The van der Waals surface area contributed by atoms with E-state index in [-0.39, 0.29) is 31.2 Å². The summed E-state index contributed by atoms with van der Waals surface area (Å²) in [6.45, 7) is 0.420.